The summed E-state index contributed by atoms with van der Waals surface area (Å²) in [6.07, 6.45) is 6.20. The third kappa shape index (κ3) is 3.33. The average Bonchev–Trinajstić information content (AvgIpc) is 3.15. The summed E-state index contributed by atoms with van der Waals surface area (Å²) in [5, 5.41) is 8.54. The van der Waals surface area contributed by atoms with Crippen LogP contribution in [0.4, 0.5) is 0 Å². The van der Waals surface area contributed by atoms with Crippen molar-refractivity contribution in [2.24, 2.45) is 5.92 Å². The fraction of sp³-hybridized carbons (Fsp3) is 0.611. The molecule has 0 saturated heterocycles. The van der Waals surface area contributed by atoms with Gasteiger partial charge < -0.3 is 14.2 Å². The third-order valence-corrected chi connectivity index (χ3v) is 4.99. The maximum absolute atomic E-state index is 12.9. The Kier molecular flexibility index (Phi) is 4.33. The highest BCUT2D eigenvalue weighted by molar-refractivity contribution is 5.94. The lowest BCUT2D eigenvalue weighted by Gasteiger charge is -2.31. The molecule has 25 heavy (non-hydrogen) atoms. The molecule has 2 aromatic heterocycles. The Morgan fingerprint density at radius 3 is 2.96 bits per heavy atom. The Labute approximate surface area is 146 Å². The van der Waals surface area contributed by atoms with Crippen LogP contribution in [0.25, 0.3) is 0 Å². The van der Waals surface area contributed by atoms with Gasteiger partial charge in [-0.1, -0.05) is 5.16 Å². The van der Waals surface area contributed by atoms with E-state index in [0.29, 0.717) is 37.6 Å². The predicted molar refractivity (Wildman–Crippen MR) is 90.2 cm³/mol. The van der Waals surface area contributed by atoms with Gasteiger partial charge in [-0.15, -0.1) is 0 Å². The summed E-state index contributed by atoms with van der Waals surface area (Å²) in [4.78, 5) is 14.7. The molecule has 1 fully saturated rings. The van der Waals surface area contributed by atoms with Crippen LogP contribution in [-0.4, -0.2) is 45.5 Å². The number of hydrogen-bond acceptors (Lipinski definition) is 5. The number of carbonyl (C=O) groups excluding carboxylic acids is 1. The SMILES string of the molecule is CCOC[C@H]1CN(C(=O)c2cnoc2C)Cc2cn(CC3CC3)nc21. The molecule has 7 heteroatoms. The van der Waals surface area contributed by atoms with Gasteiger partial charge in [0.1, 0.15) is 11.3 Å². The van der Waals surface area contributed by atoms with Crippen molar-refractivity contribution < 1.29 is 14.1 Å². The normalized spacial score (nSPS) is 19.9. The van der Waals surface area contributed by atoms with Gasteiger partial charge in [-0.25, -0.2) is 0 Å². The van der Waals surface area contributed by atoms with Crippen LogP contribution in [0.2, 0.25) is 0 Å². The van der Waals surface area contributed by atoms with E-state index >= 15 is 0 Å². The van der Waals surface area contributed by atoms with E-state index in [0.717, 1.165) is 23.7 Å². The molecule has 2 aliphatic rings. The number of hydrogen-bond donors (Lipinski definition) is 0. The summed E-state index contributed by atoms with van der Waals surface area (Å²) >= 11 is 0. The molecule has 0 spiro atoms. The molecule has 4 rings (SSSR count). The molecule has 134 valence electrons. The number of rotatable bonds is 6. The van der Waals surface area contributed by atoms with Crippen molar-refractivity contribution in [1.29, 1.82) is 0 Å². The predicted octanol–water partition coefficient (Wildman–Crippen LogP) is 2.37. The summed E-state index contributed by atoms with van der Waals surface area (Å²) in [5.74, 6) is 1.39. The molecule has 1 aliphatic heterocycles. The first kappa shape index (κ1) is 16.3. The highest BCUT2D eigenvalue weighted by Crippen LogP contribution is 2.33. The van der Waals surface area contributed by atoms with Crippen molar-refractivity contribution in [2.75, 3.05) is 19.8 Å². The molecule has 0 unspecified atom stereocenters. The van der Waals surface area contributed by atoms with E-state index in [2.05, 4.69) is 16.0 Å². The number of aromatic nitrogens is 3. The van der Waals surface area contributed by atoms with Gasteiger partial charge in [-0.05, 0) is 32.6 Å². The van der Waals surface area contributed by atoms with Gasteiger partial charge in [-0.2, -0.15) is 5.10 Å². The summed E-state index contributed by atoms with van der Waals surface area (Å²) in [5.41, 5.74) is 2.74. The standard InChI is InChI=1S/C18H24N4O3/c1-3-24-11-15-9-21(18(23)16-6-19-25-12(16)2)8-14-10-22(20-17(14)15)7-13-4-5-13/h6,10,13,15H,3-5,7-9,11H2,1-2H3/t15-/m1/s1. The first-order valence-corrected chi connectivity index (χ1v) is 9.00. The van der Waals surface area contributed by atoms with Crippen LogP contribution in [0, 0.1) is 12.8 Å². The Bertz CT molecular complexity index is 762. The van der Waals surface area contributed by atoms with Crippen LogP contribution in [0.5, 0.6) is 0 Å². The number of amides is 1. The zero-order valence-electron chi connectivity index (χ0n) is 14.8. The molecule has 0 bridgehead atoms. The maximum Gasteiger partial charge on any atom is 0.259 e. The zero-order valence-corrected chi connectivity index (χ0v) is 14.8. The number of aryl methyl sites for hydroxylation is 1. The number of nitrogens with zero attached hydrogens (tertiary/aromatic N) is 4. The van der Waals surface area contributed by atoms with Crippen molar-refractivity contribution in [1.82, 2.24) is 19.8 Å². The fourth-order valence-corrected chi connectivity index (χ4v) is 3.45. The van der Waals surface area contributed by atoms with E-state index in [1.54, 1.807) is 6.92 Å². The lowest BCUT2D eigenvalue weighted by atomic mass is 9.96. The van der Waals surface area contributed by atoms with Crippen LogP contribution >= 0.6 is 0 Å². The molecule has 1 amide bonds. The van der Waals surface area contributed by atoms with Gasteiger partial charge in [0.2, 0.25) is 0 Å². The first-order chi connectivity index (χ1) is 12.2. The molecular formula is C18H24N4O3. The average molecular weight is 344 g/mol. The van der Waals surface area contributed by atoms with E-state index in [4.69, 9.17) is 14.4 Å². The first-order valence-electron chi connectivity index (χ1n) is 9.00. The zero-order chi connectivity index (χ0) is 17.4. The van der Waals surface area contributed by atoms with Gasteiger partial charge in [-0.3, -0.25) is 9.48 Å². The number of fused-ring (bicyclic) bond motifs is 1. The molecule has 1 saturated carbocycles. The van der Waals surface area contributed by atoms with Crippen LogP contribution in [0.15, 0.2) is 16.9 Å². The van der Waals surface area contributed by atoms with Crippen LogP contribution in [0.3, 0.4) is 0 Å². The van der Waals surface area contributed by atoms with E-state index in [-0.39, 0.29) is 11.8 Å². The van der Waals surface area contributed by atoms with Crippen molar-refractivity contribution in [3.63, 3.8) is 0 Å². The van der Waals surface area contributed by atoms with Gasteiger partial charge in [0.25, 0.3) is 5.91 Å². The van der Waals surface area contributed by atoms with Crippen molar-refractivity contribution >= 4 is 5.91 Å². The lowest BCUT2D eigenvalue weighted by Crippen LogP contribution is -2.39. The number of carbonyl (C=O) groups is 1. The topological polar surface area (TPSA) is 73.4 Å². The van der Waals surface area contributed by atoms with Gasteiger partial charge in [0.15, 0.2) is 0 Å². The molecule has 3 heterocycles. The minimum absolute atomic E-state index is 0.0409. The molecule has 2 aromatic rings. The Balaban J connectivity index is 1.58. The summed E-state index contributed by atoms with van der Waals surface area (Å²) in [6, 6.07) is 0. The van der Waals surface area contributed by atoms with Gasteiger partial charge >= 0.3 is 0 Å². The van der Waals surface area contributed by atoms with Gasteiger partial charge in [0.05, 0.1) is 18.5 Å². The molecule has 1 atom stereocenters. The second-order valence-corrected chi connectivity index (χ2v) is 7.04. The van der Waals surface area contributed by atoms with Crippen molar-refractivity contribution in [3.05, 3.63) is 35.0 Å². The quantitative estimate of drug-likeness (QED) is 0.804. The second kappa shape index (κ2) is 6.63. The molecule has 0 aromatic carbocycles. The van der Waals surface area contributed by atoms with Crippen LogP contribution in [-0.2, 0) is 17.8 Å². The lowest BCUT2D eigenvalue weighted by molar-refractivity contribution is 0.0650. The summed E-state index contributed by atoms with van der Waals surface area (Å²) in [6.45, 7) is 7.15. The minimum Gasteiger partial charge on any atom is -0.381 e. The van der Waals surface area contributed by atoms with Crippen LogP contribution in [0.1, 0.15) is 53.1 Å². The van der Waals surface area contributed by atoms with Crippen molar-refractivity contribution in [2.45, 2.75) is 45.7 Å². The van der Waals surface area contributed by atoms with E-state index < -0.39 is 0 Å². The fourth-order valence-electron chi connectivity index (χ4n) is 3.45. The maximum atomic E-state index is 12.9. The van der Waals surface area contributed by atoms with Crippen LogP contribution < -0.4 is 0 Å². The van der Waals surface area contributed by atoms with Gasteiger partial charge in [0, 0.05) is 43.9 Å². The minimum atomic E-state index is -0.0409. The Morgan fingerprint density at radius 1 is 1.44 bits per heavy atom. The molecular weight excluding hydrogens is 320 g/mol. The van der Waals surface area contributed by atoms with E-state index in [9.17, 15) is 4.79 Å². The summed E-state index contributed by atoms with van der Waals surface area (Å²) in [7, 11) is 0. The van der Waals surface area contributed by atoms with E-state index in [1.165, 1.54) is 19.0 Å². The highest BCUT2D eigenvalue weighted by Gasteiger charge is 2.33. The smallest absolute Gasteiger partial charge is 0.259 e. The Morgan fingerprint density at radius 2 is 2.28 bits per heavy atom. The Hall–Kier alpha value is -2.15. The monoisotopic (exact) mass is 344 g/mol. The largest absolute Gasteiger partial charge is 0.381 e. The second-order valence-electron chi connectivity index (χ2n) is 7.04. The number of ether oxygens (including phenoxy) is 1. The van der Waals surface area contributed by atoms with E-state index in [1.807, 2.05) is 11.8 Å². The highest BCUT2D eigenvalue weighted by atomic mass is 16.5. The molecule has 0 N–H and O–H groups in total. The summed E-state index contributed by atoms with van der Waals surface area (Å²) < 4.78 is 12.8. The molecule has 7 nitrogen and oxygen atoms in total. The molecule has 1 aliphatic carbocycles. The molecule has 0 radical (unpaired) electrons. The third-order valence-electron chi connectivity index (χ3n) is 4.99. The van der Waals surface area contributed by atoms with Crippen molar-refractivity contribution in [3.8, 4) is 0 Å².